The maximum absolute atomic E-state index is 10.1. The fourth-order valence-electron chi connectivity index (χ4n) is 3.74. The van der Waals surface area contributed by atoms with Gasteiger partial charge in [-0.05, 0) is 66.6 Å². The van der Waals surface area contributed by atoms with Crippen molar-refractivity contribution >= 4 is 0 Å². The van der Waals surface area contributed by atoms with Gasteiger partial charge in [-0.1, -0.05) is 30.2 Å². The van der Waals surface area contributed by atoms with E-state index in [2.05, 4.69) is 36.1 Å². The van der Waals surface area contributed by atoms with E-state index in [1.54, 1.807) is 0 Å². The molecule has 0 unspecified atom stereocenters. The number of hydrogen-bond acceptors (Lipinski definition) is 2. The van der Waals surface area contributed by atoms with Crippen LogP contribution in [0.4, 0.5) is 0 Å². The van der Waals surface area contributed by atoms with Crippen LogP contribution in [-0.2, 0) is 13.1 Å². The molecule has 2 aromatic rings. The first-order valence-electron chi connectivity index (χ1n) is 8.28. The molecule has 0 saturated heterocycles. The van der Waals surface area contributed by atoms with E-state index in [-0.39, 0.29) is 0 Å². The lowest BCUT2D eigenvalue weighted by Crippen LogP contribution is -2.38. The van der Waals surface area contributed by atoms with Gasteiger partial charge in [0.25, 0.3) is 0 Å². The first-order chi connectivity index (χ1) is 10.6. The smallest absolute Gasteiger partial charge is 0.118 e. The molecule has 1 fully saturated rings. The van der Waals surface area contributed by atoms with Gasteiger partial charge in [-0.25, -0.2) is 0 Å². The Labute approximate surface area is 132 Å². The van der Waals surface area contributed by atoms with Crippen LogP contribution in [-0.4, -0.2) is 16.0 Å². The summed E-state index contributed by atoms with van der Waals surface area (Å²) in [6.45, 7) is 6.12. The van der Waals surface area contributed by atoms with Crippen molar-refractivity contribution in [1.29, 1.82) is 0 Å². The highest BCUT2D eigenvalue weighted by atomic mass is 16.3. The highest BCUT2D eigenvalue weighted by Gasteiger charge is 2.29. The molecule has 1 aliphatic heterocycles. The Hall–Kier alpha value is -1.80. The van der Waals surface area contributed by atoms with E-state index >= 15 is 0 Å². The minimum Gasteiger partial charge on any atom is -0.508 e. The molecule has 0 spiro atoms. The average Bonchev–Trinajstić information content (AvgIpc) is 2.54. The van der Waals surface area contributed by atoms with E-state index in [9.17, 15) is 5.11 Å². The maximum atomic E-state index is 10.1. The predicted octanol–water partition coefficient (Wildman–Crippen LogP) is 4.54. The average molecular weight is 293 g/mol. The van der Waals surface area contributed by atoms with E-state index in [0.717, 1.165) is 18.7 Å². The van der Waals surface area contributed by atoms with E-state index < -0.39 is 0 Å². The van der Waals surface area contributed by atoms with Crippen molar-refractivity contribution in [2.24, 2.45) is 0 Å². The summed E-state index contributed by atoms with van der Waals surface area (Å²) in [6, 6.07) is 11.6. The molecule has 0 radical (unpaired) electrons. The SMILES string of the molecule is Cc1ccc2c(c1)CN(C1CCC1)Cc1cc(O)c(C)cc1-2. The number of nitrogens with zero attached hydrogens (tertiary/aromatic N) is 1. The second kappa shape index (κ2) is 5.13. The van der Waals surface area contributed by atoms with Crippen molar-refractivity contribution in [2.75, 3.05) is 0 Å². The second-order valence-electron chi connectivity index (χ2n) is 6.95. The zero-order valence-corrected chi connectivity index (χ0v) is 13.4. The van der Waals surface area contributed by atoms with Gasteiger partial charge in [0.15, 0.2) is 0 Å². The molecule has 2 aromatic carbocycles. The van der Waals surface area contributed by atoms with Gasteiger partial charge in [0.1, 0.15) is 5.75 Å². The Balaban J connectivity index is 1.88. The first-order valence-corrected chi connectivity index (χ1v) is 8.28. The number of fused-ring (bicyclic) bond motifs is 3. The van der Waals surface area contributed by atoms with Crippen LogP contribution in [0.2, 0.25) is 0 Å². The molecule has 2 aliphatic rings. The van der Waals surface area contributed by atoms with Crippen LogP contribution in [0.15, 0.2) is 30.3 Å². The summed E-state index contributed by atoms with van der Waals surface area (Å²) >= 11 is 0. The van der Waals surface area contributed by atoms with Gasteiger partial charge in [0, 0.05) is 19.1 Å². The van der Waals surface area contributed by atoms with Crippen LogP contribution in [0, 0.1) is 13.8 Å². The molecule has 2 nitrogen and oxygen atoms in total. The monoisotopic (exact) mass is 293 g/mol. The van der Waals surface area contributed by atoms with Gasteiger partial charge < -0.3 is 5.11 Å². The third-order valence-corrected chi connectivity index (χ3v) is 5.31. The molecule has 1 saturated carbocycles. The summed E-state index contributed by atoms with van der Waals surface area (Å²) in [6.07, 6.45) is 3.98. The zero-order chi connectivity index (χ0) is 15.3. The highest BCUT2D eigenvalue weighted by molar-refractivity contribution is 5.73. The van der Waals surface area contributed by atoms with Crippen LogP contribution in [0.1, 0.15) is 41.5 Å². The number of phenolic OH excluding ortho intramolecular Hbond substituents is 1. The molecule has 2 heteroatoms. The Kier molecular flexibility index (Phi) is 3.23. The molecule has 4 rings (SSSR count). The minimum atomic E-state index is 0.419. The van der Waals surface area contributed by atoms with E-state index in [1.165, 1.54) is 47.1 Å². The minimum absolute atomic E-state index is 0.419. The van der Waals surface area contributed by atoms with Crippen molar-refractivity contribution in [2.45, 2.75) is 52.2 Å². The number of hydrogen-bond donors (Lipinski definition) is 1. The summed E-state index contributed by atoms with van der Waals surface area (Å²) < 4.78 is 0. The number of benzene rings is 2. The molecule has 0 aromatic heterocycles. The Morgan fingerprint density at radius 3 is 2.36 bits per heavy atom. The van der Waals surface area contributed by atoms with Crippen molar-refractivity contribution < 1.29 is 5.11 Å². The molecule has 1 aliphatic carbocycles. The van der Waals surface area contributed by atoms with Gasteiger partial charge in [0.05, 0.1) is 0 Å². The van der Waals surface area contributed by atoms with Crippen LogP contribution in [0.3, 0.4) is 0 Å². The van der Waals surface area contributed by atoms with Crippen LogP contribution < -0.4 is 0 Å². The molecule has 1 heterocycles. The molecule has 1 N–H and O–H groups in total. The number of phenols is 1. The number of aryl methyl sites for hydroxylation is 2. The summed E-state index contributed by atoms with van der Waals surface area (Å²) in [5, 5.41) is 10.1. The van der Waals surface area contributed by atoms with Crippen LogP contribution >= 0.6 is 0 Å². The predicted molar refractivity (Wildman–Crippen MR) is 89.9 cm³/mol. The van der Waals surface area contributed by atoms with Gasteiger partial charge in [-0.2, -0.15) is 0 Å². The summed E-state index contributed by atoms with van der Waals surface area (Å²) in [5.41, 5.74) is 7.61. The zero-order valence-electron chi connectivity index (χ0n) is 13.4. The first kappa shape index (κ1) is 13.8. The maximum Gasteiger partial charge on any atom is 0.118 e. The van der Waals surface area contributed by atoms with Crippen molar-refractivity contribution in [3.05, 3.63) is 52.6 Å². The molecule has 114 valence electrons. The van der Waals surface area contributed by atoms with E-state index in [1.807, 2.05) is 13.0 Å². The fraction of sp³-hybridized carbons (Fsp3) is 0.400. The highest BCUT2D eigenvalue weighted by Crippen LogP contribution is 2.39. The van der Waals surface area contributed by atoms with Crippen LogP contribution in [0.25, 0.3) is 11.1 Å². The third-order valence-electron chi connectivity index (χ3n) is 5.31. The fourth-order valence-corrected chi connectivity index (χ4v) is 3.74. The lowest BCUT2D eigenvalue weighted by atomic mass is 9.91. The Bertz CT molecular complexity index is 731. The van der Waals surface area contributed by atoms with Crippen molar-refractivity contribution in [3.63, 3.8) is 0 Å². The standard InChI is InChI=1S/C20H23NO/c1-13-6-7-18-15(8-13)11-21(17-4-3-5-17)12-16-10-20(22)14(2)9-19(16)18/h6-10,17,22H,3-5,11-12H2,1-2H3. The van der Waals surface area contributed by atoms with Gasteiger partial charge in [0.2, 0.25) is 0 Å². The van der Waals surface area contributed by atoms with Gasteiger partial charge in [-0.3, -0.25) is 4.90 Å². The lowest BCUT2D eigenvalue weighted by Gasteiger charge is -2.37. The topological polar surface area (TPSA) is 23.5 Å². The normalized spacial score (nSPS) is 18.3. The van der Waals surface area contributed by atoms with E-state index in [0.29, 0.717) is 11.8 Å². The molecule has 0 atom stereocenters. The third kappa shape index (κ3) is 2.22. The molecule has 0 amide bonds. The molecular weight excluding hydrogens is 270 g/mol. The van der Waals surface area contributed by atoms with Gasteiger partial charge >= 0.3 is 0 Å². The van der Waals surface area contributed by atoms with Crippen molar-refractivity contribution in [1.82, 2.24) is 4.90 Å². The van der Waals surface area contributed by atoms with E-state index in [4.69, 9.17) is 0 Å². The second-order valence-corrected chi connectivity index (χ2v) is 6.95. The Morgan fingerprint density at radius 1 is 0.955 bits per heavy atom. The summed E-state index contributed by atoms with van der Waals surface area (Å²) in [5.74, 6) is 0.419. The number of rotatable bonds is 1. The molecule has 22 heavy (non-hydrogen) atoms. The summed E-state index contributed by atoms with van der Waals surface area (Å²) in [4.78, 5) is 2.60. The van der Waals surface area contributed by atoms with Crippen molar-refractivity contribution in [3.8, 4) is 16.9 Å². The summed E-state index contributed by atoms with van der Waals surface area (Å²) in [7, 11) is 0. The Morgan fingerprint density at radius 2 is 1.68 bits per heavy atom. The quantitative estimate of drug-likeness (QED) is 0.834. The number of aromatic hydroxyl groups is 1. The van der Waals surface area contributed by atoms with Gasteiger partial charge in [-0.15, -0.1) is 0 Å². The lowest BCUT2D eigenvalue weighted by molar-refractivity contribution is 0.113. The van der Waals surface area contributed by atoms with Crippen LogP contribution in [0.5, 0.6) is 5.75 Å². The largest absolute Gasteiger partial charge is 0.508 e. The molecular formula is C20H23NO. The molecule has 0 bridgehead atoms.